The molecule has 17 N–H and O–H groups in total. The van der Waals surface area contributed by atoms with Crippen molar-refractivity contribution in [1.29, 1.82) is 0 Å². The Kier molecular flexibility index (Phi) is 18.1. The highest BCUT2D eigenvalue weighted by Crippen LogP contribution is 2.35. The van der Waals surface area contributed by atoms with Gasteiger partial charge in [0, 0.05) is 13.8 Å². The van der Waals surface area contributed by atoms with Gasteiger partial charge in [0.1, 0.15) is 122 Å². The Morgan fingerprint density at radius 3 is 1.35 bits per heavy atom. The van der Waals surface area contributed by atoms with Gasteiger partial charge in [-0.3, -0.25) is 9.59 Å². The molecule has 28 heteroatoms. The van der Waals surface area contributed by atoms with Crippen molar-refractivity contribution in [1.82, 2.24) is 10.6 Å². The highest BCUT2D eigenvalue weighted by atomic mass is 16.8. The second kappa shape index (κ2) is 22.0. The van der Waals surface area contributed by atoms with Gasteiger partial charge in [0.2, 0.25) is 11.8 Å². The van der Waals surface area contributed by atoms with Crippen LogP contribution in [0.25, 0.3) is 0 Å². The quantitative estimate of drug-likeness (QED) is 0.0725. The Hall–Kier alpha value is -2.02. The van der Waals surface area contributed by atoms with Crippen molar-refractivity contribution in [3.63, 3.8) is 0 Å². The minimum absolute atomic E-state index is 0.693. The third-order valence-corrected chi connectivity index (χ3v) is 11.1. The Bertz CT molecular complexity index is 1440. The van der Waals surface area contributed by atoms with Crippen LogP contribution >= 0.6 is 0 Å². The summed E-state index contributed by atoms with van der Waals surface area (Å²) in [6.45, 7) is -2.31. The first kappa shape index (κ1) is 51.0. The summed E-state index contributed by atoms with van der Waals surface area (Å²) in [7, 11) is 0. The van der Waals surface area contributed by atoms with Gasteiger partial charge in [-0.2, -0.15) is 0 Å². The molecule has 0 aliphatic carbocycles. The molecule has 5 aliphatic rings. The highest BCUT2D eigenvalue weighted by Gasteiger charge is 2.56. The van der Waals surface area contributed by atoms with E-state index in [1.54, 1.807) is 0 Å². The third kappa shape index (κ3) is 11.0. The van der Waals surface area contributed by atoms with E-state index < -0.39 is 198 Å². The highest BCUT2D eigenvalue weighted by molar-refractivity contribution is 5.73. The monoisotopic (exact) mass is 910 g/mol. The van der Waals surface area contributed by atoms with E-state index in [0.29, 0.717) is 0 Å². The zero-order valence-electron chi connectivity index (χ0n) is 33.2. The number of hydrogen-bond acceptors (Lipinski definition) is 26. The van der Waals surface area contributed by atoms with Crippen LogP contribution in [0.3, 0.4) is 0 Å². The molecular formula is C34H58N2O26. The van der Waals surface area contributed by atoms with Crippen molar-refractivity contribution in [3.8, 4) is 0 Å². The van der Waals surface area contributed by atoms with Gasteiger partial charge in [0.25, 0.3) is 0 Å². The Morgan fingerprint density at radius 1 is 0.419 bits per heavy atom. The van der Waals surface area contributed by atoms with E-state index in [2.05, 4.69) is 10.6 Å². The van der Waals surface area contributed by atoms with E-state index in [4.69, 9.17) is 42.6 Å². The summed E-state index contributed by atoms with van der Waals surface area (Å²) in [5.41, 5.74) is 0. The van der Waals surface area contributed by atoms with Gasteiger partial charge in [0.05, 0.1) is 33.0 Å². The van der Waals surface area contributed by atoms with Crippen LogP contribution in [-0.4, -0.2) is 275 Å². The van der Waals surface area contributed by atoms with Crippen LogP contribution in [-0.2, 0) is 52.2 Å². The van der Waals surface area contributed by atoms with Gasteiger partial charge >= 0.3 is 0 Å². The van der Waals surface area contributed by atoms with Gasteiger partial charge < -0.3 is 130 Å². The third-order valence-electron chi connectivity index (χ3n) is 11.1. The average Bonchev–Trinajstić information content (AvgIpc) is 3.23. The minimum atomic E-state index is -2.18. The summed E-state index contributed by atoms with van der Waals surface area (Å²) in [4.78, 5) is 24.2. The largest absolute Gasteiger partial charge is 0.394 e. The number of amides is 2. The molecule has 5 fully saturated rings. The molecule has 0 aromatic heterocycles. The van der Waals surface area contributed by atoms with Crippen LogP contribution in [0.5, 0.6) is 0 Å². The average molecular weight is 911 g/mol. The molecule has 5 saturated heterocycles. The lowest BCUT2D eigenvalue weighted by Crippen LogP contribution is -2.70. The molecule has 28 nitrogen and oxygen atoms in total. The van der Waals surface area contributed by atoms with Crippen LogP contribution in [0.2, 0.25) is 0 Å². The van der Waals surface area contributed by atoms with Gasteiger partial charge in [-0.1, -0.05) is 0 Å². The number of aliphatic hydroxyl groups excluding tert-OH is 15. The van der Waals surface area contributed by atoms with Crippen LogP contribution in [0.15, 0.2) is 0 Å². The van der Waals surface area contributed by atoms with Crippen LogP contribution in [0.4, 0.5) is 0 Å². The zero-order valence-corrected chi connectivity index (χ0v) is 33.2. The molecule has 0 unspecified atom stereocenters. The van der Waals surface area contributed by atoms with Crippen molar-refractivity contribution in [3.05, 3.63) is 0 Å². The van der Waals surface area contributed by atoms with Crippen molar-refractivity contribution < 1.29 is 129 Å². The van der Waals surface area contributed by atoms with Gasteiger partial charge in [0.15, 0.2) is 31.5 Å². The lowest BCUT2D eigenvalue weighted by atomic mass is 9.94. The summed E-state index contributed by atoms with van der Waals surface area (Å²) in [5.74, 6) is -1.49. The maximum atomic E-state index is 12.4. The molecule has 360 valence electrons. The second-order valence-corrected chi connectivity index (χ2v) is 15.5. The molecule has 0 bridgehead atoms. The van der Waals surface area contributed by atoms with E-state index >= 15 is 0 Å². The van der Waals surface area contributed by atoms with E-state index in [1.807, 2.05) is 0 Å². The lowest BCUT2D eigenvalue weighted by molar-refractivity contribution is -0.384. The molecular weight excluding hydrogens is 852 g/mol. The topological polar surface area (TPSA) is 445 Å². The number of aliphatic hydroxyl groups is 15. The molecule has 5 rings (SSSR count). The van der Waals surface area contributed by atoms with Gasteiger partial charge in [-0.25, -0.2) is 0 Å². The molecule has 0 radical (unpaired) electrons. The maximum Gasteiger partial charge on any atom is 0.217 e. The summed E-state index contributed by atoms with van der Waals surface area (Å²) < 4.78 is 50.8. The molecule has 0 aromatic rings. The number of carbonyl (C=O) groups excluding carboxylic acids is 2. The first-order valence-electron chi connectivity index (χ1n) is 19.6. The van der Waals surface area contributed by atoms with E-state index in [1.165, 1.54) is 0 Å². The summed E-state index contributed by atoms with van der Waals surface area (Å²) in [6.07, 6.45) is -42.3. The predicted molar refractivity (Wildman–Crippen MR) is 190 cm³/mol. The van der Waals surface area contributed by atoms with E-state index in [-0.39, 0.29) is 0 Å². The molecule has 5 heterocycles. The molecule has 5 aliphatic heterocycles. The molecule has 0 aromatic carbocycles. The molecule has 0 spiro atoms. The zero-order chi connectivity index (χ0) is 45.9. The fraction of sp³-hybridized carbons (Fsp3) is 0.941. The number of carbonyl (C=O) groups is 2. The minimum Gasteiger partial charge on any atom is -0.394 e. The summed E-state index contributed by atoms with van der Waals surface area (Å²) in [6, 6.07) is -3.19. The smallest absolute Gasteiger partial charge is 0.217 e. The Labute approximate surface area is 351 Å². The van der Waals surface area contributed by atoms with Crippen molar-refractivity contribution in [2.75, 3.05) is 33.0 Å². The second-order valence-electron chi connectivity index (χ2n) is 15.5. The summed E-state index contributed by atoms with van der Waals surface area (Å²) in [5, 5.41) is 163. The Balaban J connectivity index is 1.41. The first-order chi connectivity index (χ1) is 29.3. The molecule has 0 saturated carbocycles. The van der Waals surface area contributed by atoms with Crippen LogP contribution in [0.1, 0.15) is 13.8 Å². The summed E-state index contributed by atoms with van der Waals surface area (Å²) >= 11 is 0. The first-order valence-corrected chi connectivity index (χ1v) is 19.6. The lowest BCUT2D eigenvalue weighted by Gasteiger charge is -2.50. The van der Waals surface area contributed by atoms with Crippen molar-refractivity contribution in [2.45, 2.75) is 167 Å². The predicted octanol–water partition coefficient (Wildman–Crippen LogP) is -11.6. The number of nitrogens with one attached hydrogen (secondary N) is 2. The SMILES string of the molecule is CC(=O)N[C@@H]1[C@@H](O)[C@H](O[C@H]2O[C@H](CO)[C@@H](O[C@@H]3O[C@H](CO[C@H]4O[C@H](CO)[C@@H](O)[C@H](O)[C@@H]4O)[C@@H](O)[C@H](O[C@@H]4O[C@H](CO)[C@@H](O)[C@H](O)[C@@H]4O)[C@H]3O)[C@H](O)[C@H]2NC(C)=O)[C@@H](CO)O[C@@H]1O. The van der Waals surface area contributed by atoms with Crippen molar-refractivity contribution in [2.24, 2.45) is 0 Å². The van der Waals surface area contributed by atoms with E-state index in [9.17, 15) is 86.2 Å². The number of ether oxygens (including phenoxy) is 9. The standard InChI is InChI=1S/C34H58N2O26/c1-8(41)35-15-20(46)27(12(5-39)55-30(15)53)60-31-16(36-9(2)42)21(47)28(13(6-40)58-31)61-34-26(52)29(62-33-25(51)23(49)18(44)11(4-38)57-33)19(45)14(59-34)7-54-32-24(50)22(48)17(43)10(3-37)56-32/h10-34,37-40,43-53H,3-7H2,1-2H3,(H,35,41)(H,36,42)/t10-,11-,12-,13-,14-,15-,16-,17-,18-,19-,20-,21-,22+,23+,24+,25+,26-,27-,28-,29+,30+,31-,32+,33+,34+/m1/s1. The van der Waals surface area contributed by atoms with Crippen LogP contribution < -0.4 is 10.6 Å². The maximum absolute atomic E-state index is 12.4. The number of rotatable bonds is 15. The van der Waals surface area contributed by atoms with Gasteiger partial charge in [-0.15, -0.1) is 0 Å². The molecule has 62 heavy (non-hydrogen) atoms. The van der Waals surface area contributed by atoms with Crippen LogP contribution in [0, 0.1) is 0 Å². The van der Waals surface area contributed by atoms with E-state index in [0.717, 1.165) is 13.8 Å². The fourth-order valence-electron chi connectivity index (χ4n) is 7.73. The van der Waals surface area contributed by atoms with Gasteiger partial charge in [-0.05, 0) is 0 Å². The number of hydrogen-bond donors (Lipinski definition) is 17. The van der Waals surface area contributed by atoms with Crippen molar-refractivity contribution >= 4 is 11.8 Å². The fourth-order valence-corrected chi connectivity index (χ4v) is 7.73. The molecule has 25 atom stereocenters. The Morgan fingerprint density at radius 2 is 0.823 bits per heavy atom. The normalized spacial score (nSPS) is 49.0. The molecule has 2 amide bonds.